The van der Waals surface area contributed by atoms with Crippen molar-refractivity contribution in [1.29, 1.82) is 0 Å². The maximum atomic E-state index is 12.2. The van der Waals surface area contributed by atoms with Gasteiger partial charge < -0.3 is 15.5 Å². The van der Waals surface area contributed by atoms with E-state index in [0.29, 0.717) is 12.5 Å². The average molecular weight is 281 g/mol. The van der Waals surface area contributed by atoms with E-state index in [1.54, 1.807) is 0 Å². The van der Waals surface area contributed by atoms with Crippen molar-refractivity contribution in [2.45, 2.75) is 57.5 Å². The molecule has 1 saturated heterocycles. The molecule has 0 aromatic carbocycles. The number of rotatable bonds is 5. The second-order valence-electron chi connectivity index (χ2n) is 6.25. The van der Waals surface area contributed by atoms with Crippen LogP contribution in [0, 0.1) is 5.92 Å². The fourth-order valence-corrected chi connectivity index (χ4v) is 3.18. The summed E-state index contributed by atoms with van der Waals surface area (Å²) in [7, 11) is 1.87. The Balaban J connectivity index is 1.73. The number of likely N-dealkylation sites (N-methyl/N-ethyl adjacent to an activating group) is 1. The largest absolute Gasteiger partial charge is 0.353 e. The number of hydrogen-bond acceptors (Lipinski definition) is 3. The lowest BCUT2D eigenvalue weighted by Crippen LogP contribution is -2.43. The van der Waals surface area contributed by atoms with Crippen molar-refractivity contribution in [2.24, 2.45) is 5.92 Å². The molecule has 0 spiro atoms. The third kappa shape index (κ3) is 3.95. The van der Waals surface area contributed by atoms with Gasteiger partial charge in [-0.2, -0.15) is 0 Å². The summed E-state index contributed by atoms with van der Waals surface area (Å²) in [6.45, 7) is 3.78. The van der Waals surface area contributed by atoms with Crippen LogP contribution in [0.1, 0.15) is 45.4 Å². The summed E-state index contributed by atoms with van der Waals surface area (Å²) in [5.41, 5.74) is 0. The molecule has 5 heteroatoms. The molecule has 2 unspecified atom stereocenters. The highest BCUT2D eigenvalue weighted by molar-refractivity contribution is 5.81. The second kappa shape index (κ2) is 7.07. The Morgan fingerprint density at radius 2 is 2.00 bits per heavy atom. The zero-order chi connectivity index (χ0) is 14.5. The number of carbonyl (C=O) groups excluding carboxylic acids is 2. The summed E-state index contributed by atoms with van der Waals surface area (Å²) in [4.78, 5) is 26.0. The predicted molar refractivity (Wildman–Crippen MR) is 78.2 cm³/mol. The minimum absolute atomic E-state index is 0.0765. The van der Waals surface area contributed by atoms with Gasteiger partial charge in [0.25, 0.3) is 0 Å². The zero-order valence-corrected chi connectivity index (χ0v) is 12.7. The van der Waals surface area contributed by atoms with E-state index in [0.717, 1.165) is 45.2 Å². The van der Waals surface area contributed by atoms with Crippen LogP contribution < -0.4 is 10.6 Å². The van der Waals surface area contributed by atoms with Crippen LogP contribution in [0.4, 0.5) is 0 Å². The summed E-state index contributed by atoms with van der Waals surface area (Å²) in [5, 5.41) is 6.26. The molecule has 0 aromatic heterocycles. The SMILES string of the molecule is CC(CC(=O)N(C)C1CCNC1)NC(=O)C1CCCC1. The van der Waals surface area contributed by atoms with Crippen LogP contribution in [-0.2, 0) is 9.59 Å². The summed E-state index contributed by atoms with van der Waals surface area (Å²) in [6.07, 6.45) is 5.72. The molecule has 2 fully saturated rings. The molecule has 2 N–H and O–H groups in total. The van der Waals surface area contributed by atoms with Crippen LogP contribution >= 0.6 is 0 Å². The molecule has 1 aliphatic carbocycles. The average Bonchev–Trinajstić information content (AvgIpc) is 3.10. The van der Waals surface area contributed by atoms with E-state index in [1.165, 1.54) is 0 Å². The highest BCUT2D eigenvalue weighted by atomic mass is 16.2. The molecule has 2 aliphatic rings. The third-order valence-electron chi connectivity index (χ3n) is 4.57. The normalized spacial score (nSPS) is 24.6. The molecule has 2 atom stereocenters. The fourth-order valence-electron chi connectivity index (χ4n) is 3.18. The first-order valence-electron chi connectivity index (χ1n) is 7.84. The van der Waals surface area contributed by atoms with Gasteiger partial charge in [-0.1, -0.05) is 12.8 Å². The topological polar surface area (TPSA) is 61.4 Å². The van der Waals surface area contributed by atoms with Gasteiger partial charge in [-0.05, 0) is 32.7 Å². The lowest BCUT2D eigenvalue weighted by atomic mass is 10.1. The Morgan fingerprint density at radius 3 is 2.60 bits per heavy atom. The quantitative estimate of drug-likeness (QED) is 0.787. The van der Waals surface area contributed by atoms with Crippen LogP contribution in [-0.4, -0.2) is 48.9 Å². The lowest BCUT2D eigenvalue weighted by molar-refractivity contribution is -0.132. The van der Waals surface area contributed by atoms with E-state index in [1.807, 2.05) is 18.9 Å². The number of carbonyl (C=O) groups is 2. The molecule has 0 aromatic rings. The Morgan fingerprint density at radius 1 is 1.30 bits per heavy atom. The van der Waals surface area contributed by atoms with Gasteiger partial charge in [-0.15, -0.1) is 0 Å². The zero-order valence-electron chi connectivity index (χ0n) is 12.7. The van der Waals surface area contributed by atoms with E-state index in [2.05, 4.69) is 10.6 Å². The monoisotopic (exact) mass is 281 g/mol. The van der Waals surface area contributed by atoms with Gasteiger partial charge in [0.05, 0.1) is 0 Å². The maximum Gasteiger partial charge on any atom is 0.224 e. The van der Waals surface area contributed by atoms with Crippen molar-refractivity contribution >= 4 is 11.8 Å². The van der Waals surface area contributed by atoms with Crippen LogP contribution in [0.3, 0.4) is 0 Å². The number of amides is 2. The molecule has 1 aliphatic heterocycles. The molecular weight excluding hydrogens is 254 g/mol. The van der Waals surface area contributed by atoms with Crippen molar-refractivity contribution < 1.29 is 9.59 Å². The van der Waals surface area contributed by atoms with Crippen molar-refractivity contribution in [3.63, 3.8) is 0 Å². The highest BCUT2D eigenvalue weighted by Gasteiger charge is 2.26. The van der Waals surface area contributed by atoms with Crippen LogP contribution in [0.2, 0.25) is 0 Å². The lowest BCUT2D eigenvalue weighted by Gasteiger charge is -2.26. The first-order valence-corrected chi connectivity index (χ1v) is 7.84. The summed E-state index contributed by atoms with van der Waals surface area (Å²) in [6, 6.07) is 0.229. The molecule has 5 nitrogen and oxygen atoms in total. The van der Waals surface area contributed by atoms with Crippen molar-refractivity contribution in [3.8, 4) is 0 Å². The Kier molecular flexibility index (Phi) is 5.40. The summed E-state index contributed by atoms with van der Waals surface area (Å²) >= 11 is 0. The standard InChI is InChI=1S/C15H27N3O2/c1-11(17-15(20)12-5-3-4-6-12)9-14(19)18(2)13-7-8-16-10-13/h11-13,16H,3-10H2,1-2H3,(H,17,20). The van der Waals surface area contributed by atoms with E-state index < -0.39 is 0 Å². The van der Waals surface area contributed by atoms with Crippen LogP contribution in [0.15, 0.2) is 0 Å². The Labute approximate surface area is 121 Å². The fraction of sp³-hybridized carbons (Fsp3) is 0.867. The molecule has 0 radical (unpaired) electrons. The van der Waals surface area contributed by atoms with Gasteiger partial charge in [0.1, 0.15) is 0 Å². The van der Waals surface area contributed by atoms with Gasteiger partial charge in [-0.3, -0.25) is 9.59 Å². The van der Waals surface area contributed by atoms with E-state index in [4.69, 9.17) is 0 Å². The smallest absolute Gasteiger partial charge is 0.224 e. The first kappa shape index (κ1) is 15.3. The molecule has 2 amide bonds. The predicted octanol–water partition coefficient (Wildman–Crippen LogP) is 0.892. The van der Waals surface area contributed by atoms with Gasteiger partial charge in [-0.25, -0.2) is 0 Å². The first-order chi connectivity index (χ1) is 9.58. The summed E-state index contributed by atoms with van der Waals surface area (Å²) < 4.78 is 0. The van der Waals surface area contributed by atoms with Gasteiger partial charge in [0.15, 0.2) is 0 Å². The molecular formula is C15H27N3O2. The van der Waals surface area contributed by atoms with Gasteiger partial charge in [0, 0.05) is 38.0 Å². The molecule has 114 valence electrons. The second-order valence-corrected chi connectivity index (χ2v) is 6.25. The minimum Gasteiger partial charge on any atom is -0.353 e. The molecule has 2 rings (SSSR count). The van der Waals surface area contributed by atoms with Crippen molar-refractivity contribution in [1.82, 2.24) is 15.5 Å². The minimum atomic E-state index is -0.0765. The molecule has 20 heavy (non-hydrogen) atoms. The van der Waals surface area contributed by atoms with E-state index in [9.17, 15) is 9.59 Å². The Hall–Kier alpha value is -1.10. The molecule has 1 saturated carbocycles. The highest BCUT2D eigenvalue weighted by Crippen LogP contribution is 2.24. The van der Waals surface area contributed by atoms with Crippen LogP contribution in [0.5, 0.6) is 0 Å². The summed E-state index contributed by atoms with van der Waals surface area (Å²) in [5.74, 6) is 0.426. The number of hydrogen-bond donors (Lipinski definition) is 2. The van der Waals surface area contributed by atoms with E-state index in [-0.39, 0.29) is 23.8 Å². The van der Waals surface area contributed by atoms with Crippen molar-refractivity contribution in [3.05, 3.63) is 0 Å². The van der Waals surface area contributed by atoms with Crippen LogP contribution in [0.25, 0.3) is 0 Å². The number of nitrogens with one attached hydrogen (secondary N) is 2. The van der Waals surface area contributed by atoms with Gasteiger partial charge in [0.2, 0.25) is 11.8 Å². The molecule has 0 bridgehead atoms. The maximum absolute atomic E-state index is 12.2. The van der Waals surface area contributed by atoms with E-state index >= 15 is 0 Å². The Bertz CT molecular complexity index is 347. The third-order valence-corrected chi connectivity index (χ3v) is 4.57. The molecule has 1 heterocycles. The number of nitrogens with zero attached hydrogens (tertiary/aromatic N) is 1. The van der Waals surface area contributed by atoms with Crippen molar-refractivity contribution in [2.75, 3.05) is 20.1 Å². The van der Waals surface area contributed by atoms with Gasteiger partial charge >= 0.3 is 0 Å².